The average Bonchev–Trinajstić information content (AvgIpc) is 2.60. The number of benzene rings is 1. The second kappa shape index (κ2) is 13.1. The van der Waals surface area contributed by atoms with Gasteiger partial charge in [-0.15, -0.1) is 0 Å². The maximum absolute atomic E-state index is 12.6. The van der Waals surface area contributed by atoms with E-state index in [1.54, 1.807) is 0 Å². The Morgan fingerprint density at radius 1 is 0.966 bits per heavy atom. The van der Waals surface area contributed by atoms with E-state index < -0.39 is 12.7 Å². The van der Waals surface area contributed by atoms with Crippen LogP contribution < -0.4 is 9.47 Å². The number of quaternary nitrogens is 1. The van der Waals surface area contributed by atoms with E-state index in [-0.39, 0.29) is 32.7 Å². The van der Waals surface area contributed by atoms with Crippen molar-refractivity contribution in [3.63, 3.8) is 0 Å². The zero-order chi connectivity index (χ0) is 20.5. The molecule has 1 aliphatic heterocycles. The van der Waals surface area contributed by atoms with E-state index in [1.165, 1.54) is 4.90 Å². The van der Waals surface area contributed by atoms with E-state index in [0.717, 1.165) is 67.9 Å². The third-order valence-electron chi connectivity index (χ3n) is 5.24. The predicted molar refractivity (Wildman–Crippen MR) is 105 cm³/mol. The first-order valence-corrected chi connectivity index (χ1v) is 10.3. The summed E-state index contributed by atoms with van der Waals surface area (Å²) < 4.78 is 50.1. The fourth-order valence-electron chi connectivity index (χ4n) is 3.56. The Balaban J connectivity index is 0.00000420. The summed E-state index contributed by atoms with van der Waals surface area (Å²) >= 11 is 0. The van der Waals surface area contributed by atoms with E-state index in [9.17, 15) is 13.2 Å². The van der Waals surface area contributed by atoms with E-state index in [4.69, 9.17) is 9.47 Å². The first-order valence-electron chi connectivity index (χ1n) is 10.3. The van der Waals surface area contributed by atoms with Gasteiger partial charge >= 0.3 is 6.18 Å². The van der Waals surface area contributed by atoms with Crippen LogP contribution in [0.3, 0.4) is 0 Å². The summed E-state index contributed by atoms with van der Waals surface area (Å²) in [4.78, 5) is 1.53. The van der Waals surface area contributed by atoms with Crippen molar-refractivity contribution in [3.05, 3.63) is 24.3 Å². The molecule has 1 aliphatic rings. The molecule has 0 amide bonds. The molecule has 2 rings (SSSR count). The van der Waals surface area contributed by atoms with Crippen LogP contribution in [-0.2, 0) is 32.7 Å². The summed E-state index contributed by atoms with van der Waals surface area (Å²) in [6.07, 6.45) is -0.407. The Labute approximate surface area is 198 Å². The number of rotatable bonds is 9. The van der Waals surface area contributed by atoms with Crippen molar-refractivity contribution in [2.45, 2.75) is 38.8 Å². The van der Waals surface area contributed by atoms with Crippen molar-refractivity contribution < 1.29 is 59.8 Å². The largest absolute Gasteiger partial charge is 0.494 e. The molecule has 0 aromatic heterocycles. The van der Waals surface area contributed by atoms with Crippen molar-refractivity contribution in [1.82, 2.24) is 4.90 Å². The number of alkyl halides is 3. The zero-order valence-corrected chi connectivity index (χ0v) is 20.6. The van der Waals surface area contributed by atoms with E-state index in [2.05, 4.69) is 14.0 Å². The van der Waals surface area contributed by atoms with Gasteiger partial charge < -0.3 is 14.0 Å². The van der Waals surface area contributed by atoms with Crippen LogP contribution in [0.2, 0.25) is 0 Å². The number of ether oxygens (including phenoxy) is 2. The maximum Gasteiger partial charge on any atom is 0.401 e. The van der Waals surface area contributed by atoms with Crippen LogP contribution in [0, 0.1) is 0 Å². The number of likely N-dealkylation sites (N-methyl/N-ethyl adjacent to an activating group) is 1. The van der Waals surface area contributed by atoms with Gasteiger partial charge in [0.15, 0.2) is 0 Å². The summed E-state index contributed by atoms with van der Waals surface area (Å²) in [5.41, 5.74) is 0. The smallest absolute Gasteiger partial charge is 0.401 e. The molecule has 1 heterocycles. The number of unbranched alkanes of at least 4 members (excludes halogenated alkanes) is 1. The standard InChI is InChI=1S/C21H34F3N2O2.Y/c1-3-4-16-27-19-7-9-20(10-8-19)28-17-15-26(2)13-5-11-25(12-6-14-26)18-21(22,23)24;/h7-10H,3-6,11-18H2,1-2H3;/q+1;. The molecule has 0 unspecified atom stereocenters. The molecule has 1 aromatic carbocycles. The first kappa shape index (κ1) is 26.7. The van der Waals surface area contributed by atoms with Crippen LogP contribution >= 0.6 is 0 Å². The van der Waals surface area contributed by atoms with Gasteiger partial charge in [-0.25, -0.2) is 0 Å². The molecule has 0 aliphatic carbocycles. The molecular formula is C21H34F3N2O2Y+. The Hall–Kier alpha value is -0.366. The third-order valence-corrected chi connectivity index (χ3v) is 5.24. The molecular weight excluding hydrogens is 458 g/mol. The Morgan fingerprint density at radius 2 is 1.48 bits per heavy atom. The van der Waals surface area contributed by atoms with E-state index >= 15 is 0 Å². The van der Waals surface area contributed by atoms with Crippen molar-refractivity contribution in [2.24, 2.45) is 0 Å². The van der Waals surface area contributed by atoms with Crippen molar-refractivity contribution >= 4 is 0 Å². The number of hydrogen-bond donors (Lipinski definition) is 0. The monoisotopic (exact) mass is 492 g/mol. The van der Waals surface area contributed by atoms with Gasteiger partial charge in [-0.05, 0) is 30.7 Å². The van der Waals surface area contributed by atoms with Crippen molar-refractivity contribution in [1.29, 1.82) is 0 Å². The molecule has 0 atom stereocenters. The van der Waals surface area contributed by atoms with Crippen LogP contribution in [0.1, 0.15) is 32.6 Å². The van der Waals surface area contributed by atoms with Crippen molar-refractivity contribution in [3.8, 4) is 11.5 Å². The molecule has 0 bridgehead atoms. The summed E-state index contributed by atoms with van der Waals surface area (Å²) in [6, 6.07) is 7.69. The van der Waals surface area contributed by atoms with Gasteiger partial charge in [-0.2, -0.15) is 13.2 Å². The topological polar surface area (TPSA) is 21.7 Å². The molecule has 1 aromatic rings. The Morgan fingerprint density at radius 3 is 1.97 bits per heavy atom. The molecule has 29 heavy (non-hydrogen) atoms. The summed E-state index contributed by atoms with van der Waals surface area (Å²) in [5.74, 6) is 1.67. The molecule has 4 nitrogen and oxygen atoms in total. The fourth-order valence-corrected chi connectivity index (χ4v) is 3.56. The SMILES string of the molecule is CCCCOc1ccc(OCC[N+]2(C)CCCN(CC(F)(F)F)CCC2)cc1.[Y]. The number of halogens is 3. The van der Waals surface area contributed by atoms with Gasteiger partial charge in [0.2, 0.25) is 0 Å². The number of hydrogen-bond acceptors (Lipinski definition) is 3. The average molecular weight is 492 g/mol. The Kier molecular flexibility index (Phi) is 12.1. The summed E-state index contributed by atoms with van der Waals surface area (Å²) in [6.45, 7) is 6.29. The minimum atomic E-state index is -4.11. The fraction of sp³-hybridized carbons (Fsp3) is 0.714. The maximum atomic E-state index is 12.6. The van der Waals surface area contributed by atoms with Gasteiger partial charge in [0, 0.05) is 58.6 Å². The first-order chi connectivity index (χ1) is 13.3. The van der Waals surface area contributed by atoms with Gasteiger partial charge in [-0.1, -0.05) is 13.3 Å². The van der Waals surface area contributed by atoms with Gasteiger partial charge in [0.25, 0.3) is 0 Å². The molecule has 1 saturated heterocycles. The molecule has 0 N–H and O–H groups in total. The quantitative estimate of drug-likeness (QED) is 0.378. The van der Waals surface area contributed by atoms with E-state index in [0.29, 0.717) is 19.7 Å². The minimum absolute atomic E-state index is 0. The molecule has 163 valence electrons. The van der Waals surface area contributed by atoms with Gasteiger partial charge in [0.1, 0.15) is 24.7 Å². The summed E-state index contributed by atoms with van der Waals surface area (Å²) in [7, 11) is 2.17. The third kappa shape index (κ3) is 11.0. The minimum Gasteiger partial charge on any atom is -0.494 e. The molecule has 0 spiro atoms. The van der Waals surface area contributed by atoms with Crippen LogP contribution in [0.5, 0.6) is 11.5 Å². The van der Waals surface area contributed by atoms with E-state index in [1.807, 2.05) is 24.3 Å². The second-order valence-corrected chi connectivity index (χ2v) is 7.91. The van der Waals surface area contributed by atoms with Crippen LogP contribution in [0.15, 0.2) is 24.3 Å². The van der Waals surface area contributed by atoms with Crippen LogP contribution in [-0.4, -0.2) is 75.1 Å². The molecule has 1 radical (unpaired) electrons. The summed E-state index contributed by atoms with van der Waals surface area (Å²) in [5, 5.41) is 0. The van der Waals surface area contributed by atoms with Gasteiger partial charge in [0.05, 0.1) is 33.3 Å². The number of nitrogens with zero attached hydrogens (tertiary/aromatic N) is 2. The van der Waals surface area contributed by atoms with Gasteiger partial charge in [-0.3, -0.25) is 4.90 Å². The molecule has 1 fully saturated rings. The zero-order valence-electron chi connectivity index (χ0n) is 17.7. The van der Waals surface area contributed by atoms with Crippen molar-refractivity contribution in [2.75, 3.05) is 59.5 Å². The molecule has 8 heteroatoms. The normalized spacial score (nSPS) is 17.7. The second-order valence-electron chi connectivity index (χ2n) is 7.91. The van der Waals surface area contributed by atoms with Crippen LogP contribution in [0.25, 0.3) is 0 Å². The molecule has 0 saturated carbocycles. The Bertz CT molecular complexity index is 560. The predicted octanol–water partition coefficient (Wildman–Crippen LogP) is 4.35. The van der Waals surface area contributed by atoms with Crippen LogP contribution in [0.4, 0.5) is 13.2 Å².